The van der Waals surface area contributed by atoms with E-state index in [1.807, 2.05) is 37.4 Å². The molecule has 0 aliphatic carbocycles. The van der Waals surface area contributed by atoms with Gasteiger partial charge in [-0.05, 0) is 30.8 Å². The molecule has 0 N–H and O–H groups in total. The van der Waals surface area contributed by atoms with Gasteiger partial charge in [-0.25, -0.2) is 8.42 Å². The van der Waals surface area contributed by atoms with Gasteiger partial charge >= 0.3 is 0 Å². The Balaban J connectivity index is 0.00000225. The summed E-state index contributed by atoms with van der Waals surface area (Å²) in [6.07, 6.45) is 0. The highest BCUT2D eigenvalue weighted by molar-refractivity contribution is 7.89. The summed E-state index contributed by atoms with van der Waals surface area (Å²) in [7, 11) is -1.75. The van der Waals surface area contributed by atoms with Crippen molar-refractivity contribution in [1.82, 2.24) is 9.21 Å². The third-order valence-corrected chi connectivity index (χ3v) is 6.82. The van der Waals surface area contributed by atoms with Crippen LogP contribution in [0.25, 0.3) is 0 Å². The lowest BCUT2D eigenvalue weighted by atomic mass is 10.1. The van der Waals surface area contributed by atoms with Crippen molar-refractivity contribution >= 4 is 45.6 Å². The van der Waals surface area contributed by atoms with Gasteiger partial charge in [-0.15, -0.1) is 12.4 Å². The van der Waals surface area contributed by atoms with Crippen LogP contribution in [0.1, 0.15) is 11.6 Å². The summed E-state index contributed by atoms with van der Waals surface area (Å²) in [5.41, 5.74) is 0.964. The van der Waals surface area contributed by atoms with E-state index < -0.39 is 10.0 Å². The summed E-state index contributed by atoms with van der Waals surface area (Å²) < 4.78 is 28.0. The Hall–Kier alpha value is -0.820. The van der Waals surface area contributed by atoms with Crippen LogP contribution in [0.5, 0.6) is 0 Å². The number of rotatable bonds is 3. The Morgan fingerprint density at radius 3 is 2.40 bits per heavy atom. The topological polar surface area (TPSA) is 40.6 Å². The van der Waals surface area contributed by atoms with E-state index >= 15 is 0 Å². The van der Waals surface area contributed by atoms with Gasteiger partial charge in [0.15, 0.2) is 0 Å². The lowest BCUT2D eigenvalue weighted by Gasteiger charge is -2.39. The zero-order chi connectivity index (χ0) is 17.3. The van der Waals surface area contributed by atoms with Crippen LogP contribution in [0, 0.1) is 0 Å². The number of sulfonamides is 1. The van der Waals surface area contributed by atoms with E-state index in [-0.39, 0.29) is 28.4 Å². The molecule has 0 radical (unpaired) electrons. The smallest absolute Gasteiger partial charge is 0.245 e. The highest BCUT2D eigenvalue weighted by Gasteiger charge is 2.37. The minimum absolute atomic E-state index is 0. The first kappa shape index (κ1) is 20.5. The van der Waals surface area contributed by atoms with Crippen molar-refractivity contribution in [1.29, 1.82) is 0 Å². The second-order valence-corrected chi connectivity index (χ2v) is 8.58. The Morgan fingerprint density at radius 2 is 1.72 bits per heavy atom. The number of hydrogen-bond acceptors (Lipinski definition) is 3. The van der Waals surface area contributed by atoms with E-state index in [1.54, 1.807) is 6.07 Å². The molecule has 1 heterocycles. The summed E-state index contributed by atoms with van der Waals surface area (Å²) in [6, 6.07) is 13.9. The first-order valence-electron chi connectivity index (χ1n) is 7.60. The molecule has 0 bridgehead atoms. The molecule has 0 spiro atoms. The highest BCUT2D eigenvalue weighted by Crippen LogP contribution is 2.34. The minimum Gasteiger partial charge on any atom is -0.303 e. The number of nitrogens with zero attached hydrogens (tertiary/aromatic N) is 2. The van der Waals surface area contributed by atoms with Gasteiger partial charge in [-0.1, -0.05) is 53.5 Å². The lowest BCUT2D eigenvalue weighted by Crippen LogP contribution is -2.49. The van der Waals surface area contributed by atoms with Crippen molar-refractivity contribution in [2.75, 3.05) is 26.7 Å². The van der Waals surface area contributed by atoms with Crippen LogP contribution in [0.2, 0.25) is 10.0 Å². The van der Waals surface area contributed by atoms with Gasteiger partial charge in [0.25, 0.3) is 0 Å². The molecule has 0 amide bonds. The van der Waals surface area contributed by atoms with E-state index in [9.17, 15) is 8.42 Å². The van der Waals surface area contributed by atoms with E-state index in [0.29, 0.717) is 24.7 Å². The monoisotopic (exact) mass is 420 g/mol. The van der Waals surface area contributed by atoms with Gasteiger partial charge in [0.2, 0.25) is 10.0 Å². The largest absolute Gasteiger partial charge is 0.303 e. The van der Waals surface area contributed by atoms with Crippen LogP contribution in [-0.2, 0) is 10.0 Å². The standard InChI is InChI=1S/C17H18Cl2N2O2S.ClH/c1-20-9-10-21(16(12-20)13-5-3-2-4-6-13)24(22,23)17-11-14(18)7-8-15(17)19;/h2-8,11,16H,9-10,12H2,1H3;1H. The fourth-order valence-electron chi connectivity index (χ4n) is 2.94. The second kappa shape index (κ2) is 8.25. The van der Waals surface area contributed by atoms with Crippen LogP contribution < -0.4 is 0 Å². The van der Waals surface area contributed by atoms with Crippen LogP contribution in [-0.4, -0.2) is 44.3 Å². The van der Waals surface area contributed by atoms with E-state index in [2.05, 4.69) is 4.90 Å². The first-order valence-corrected chi connectivity index (χ1v) is 9.79. The number of likely N-dealkylation sites (N-methyl/N-ethyl adjacent to an activating group) is 1. The van der Waals surface area contributed by atoms with Crippen LogP contribution in [0.15, 0.2) is 53.4 Å². The molecule has 1 unspecified atom stereocenters. The average Bonchev–Trinajstić information content (AvgIpc) is 2.57. The Labute approximate surface area is 164 Å². The lowest BCUT2D eigenvalue weighted by molar-refractivity contribution is 0.161. The molecule has 1 fully saturated rings. The van der Waals surface area contributed by atoms with Gasteiger partial charge in [-0.2, -0.15) is 4.31 Å². The zero-order valence-corrected chi connectivity index (χ0v) is 16.7. The fourth-order valence-corrected chi connectivity index (χ4v) is 5.27. The highest BCUT2D eigenvalue weighted by atomic mass is 35.5. The molecule has 1 atom stereocenters. The molecule has 1 saturated heterocycles. The van der Waals surface area contributed by atoms with E-state index in [0.717, 1.165) is 5.56 Å². The summed E-state index contributed by atoms with van der Waals surface area (Å²) in [6.45, 7) is 1.70. The van der Waals surface area contributed by atoms with Crippen molar-refractivity contribution in [2.24, 2.45) is 0 Å². The Kier molecular flexibility index (Phi) is 6.76. The van der Waals surface area contributed by atoms with Crippen LogP contribution >= 0.6 is 35.6 Å². The molecule has 2 aromatic carbocycles. The van der Waals surface area contributed by atoms with Crippen molar-refractivity contribution in [3.8, 4) is 0 Å². The molecular formula is C17H19Cl3N2O2S. The maximum absolute atomic E-state index is 13.2. The Bertz CT molecular complexity index is 831. The van der Waals surface area contributed by atoms with Crippen molar-refractivity contribution in [3.63, 3.8) is 0 Å². The minimum atomic E-state index is -3.75. The third-order valence-electron chi connectivity index (χ3n) is 4.20. The molecule has 0 aromatic heterocycles. The molecular weight excluding hydrogens is 403 g/mol. The predicted molar refractivity (Wildman–Crippen MR) is 104 cm³/mol. The molecule has 136 valence electrons. The molecule has 1 aliphatic rings. The normalized spacial score (nSPS) is 19.4. The second-order valence-electron chi connectivity index (χ2n) is 5.88. The molecule has 1 aliphatic heterocycles. The number of benzene rings is 2. The molecule has 2 aromatic rings. The summed E-state index contributed by atoms with van der Waals surface area (Å²) in [5, 5.41) is 0.536. The van der Waals surface area contributed by atoms with Crippen LogP contribution in [0.4, 0.5) is 0 Å². The zero-order valence-electron chi connectivity index (χ0n) is 13.6. The first-order chi connectivity index (χ1) is 11.4. The maximum Gasteiger partial charge on any atom is 0.245 e. The maximum atomic E-state index is 13.2. The summed E-state index contributed by atoms with van der Waals surface area (Å²) in [4.78, 5) is 2.19. The number of piperazine rings is 1. The van der Waals surface area contributed by atoms with E-state index in [1.165, 1.54) is 16.4 Å². The molecule has 0 saturated carbocycles. The van der Waals surface area contributed by atoms with Crippen molar-refractivity contribution in [2.45, 2.75) is 10.9 Å². The molecule has 3 rings (SSSR count). The van der Waals surface area contributed by atoms with Gasteiger partial charge in [0.1, 0.15) is 4.90 Å². The number of hydrogen-bond donors (Lipinski definition) is 0. The predicted octanol–water partition coefficient (Wildman–Crippen LogP) is 4.09. The van der Waals surface area contributed by atoms with E-state index in [4.69, 9.17) is 23.2 Å². The van der Waals surface area contributed by atoms with Gasteiger partial charge in [0.05, 0.1) is 11.1 Å². The van der Waals surface area contributed by atoms with Gasteiger partial charge in [0, 0.05) is 24.7 Å². The Morgan fingerprint density at radius 1 is 1.04 bits per heavy atom. The molecule has 25 heavy (non-hydrogen) atoms. The molecule has 4 nitrogen and oxygen atoms in total. The van der Waals surface area contributed by atoms with Crippen molar-refractivity contribution < 1.29 is 8.42 Å². The van der Waals surface area contributed by atoms with Gasteiger partial charge in [-0.3, -0.25) is 0 Å². The van der Waals surface area contributed by atoms with Crippen molar-refractivity contribution in [3.05, 3.63) is 64.1 Å². The SMILES string of the molecule is CN1CCN(S(=O)(=O)c2cc(Cl)ccc2Cl)C(c2ccccc2)C1.Cl. The molecule has 8 heteroatoms. The van der Waals surface area contributed by atoms with Crippen LogP contribution in [0.3, 0.4) is 0 Å². The third kappa shape index (κ3) is 4.30. The fraction of sp³-hybridized carbons (Fsp3) is 0.294. The summed E-state index contributed by atoms with van der Waals surface area (Å²) >= 11 is 12.1. The van der Waals surface area contributed by atoms with Gasteiger partial charge < -0.3 is 4.90 Å². The average molecular weight is 422 g/mol. The summed E-state index contributed by atoms with van der Waals surface area (Å²) in [5.74, 6) is 0. The quantitative estimate of drug-likeness (QED) is 0.749. The number of halogens is 3.